The Morgan fingerprint density at radius 3 is 3.07 bits per heavy atom. The second kappa shape index (κ2) is 4.47. The minimum Gasteiger partial charge on any atom is -0.350 e. The highest BCUT2D eigenvalue weighted by atomic mass is 16.2. The second-order valence-corrected chi connectivity index (χ2v) is 4.28. The molecule has 2 aliphatic carbocycles. The first-order chi connectivity index (χ1) is 7.25. The highest BCUT2D eigenvalue weighted by Crippen LogP contribution is 2.35. The van der Waals surface area contributed by atoms with Gasteiger partial charge in [0.25, 0.3) is 0 Å². The van der Waals surface area contributed by atoms with Crippen LogP contribution in [-0.2, 0) is 0 Å². The van der Waals surface area contributed by atoms with Crippen molar-refractivity contribution < 1.29 is 4.79 Å². The van der Waals surface area contributed by atoms with Crippen LogP contribution in [0.1, 0.15) is 38.5 Å². The fraction of sp³-hybridized carbons (Fsp3) is 0.636. The summed E-state index contributed by atoms with van der Waals surface area (Å²) < 4.78 is 0. The molecule has 1 unspecified atom stereocenters. The van der Waals surface area contributed by atoms with E-state index >= 15 is 0 Å². The van der Waals surface area contributed by atoms with Crippen LogP contribution in [0.15, 0.2) is 16.8 Å². The molecule has 82 valence electrons. The summed E-state index contributed by atoms with van der Waals surface area (Å²) in [4.78, 5) is 10.5. The fourth-order valence-electron chi connectivity index (χ4n) is 2.45. The summed E-state index contributed by atoms with van der Waals surface area (Å²) in [6.45, 7) is 0. The summed E-state index contributed by atoms with van der Waals surface area (Å²) in [5, 5.41) is 3.99. The number of allylic oxidation sites excluding steroid dienone is 2. The minimum absolute atomic E-state index is 0.591. The SMILES string of the molecule is NC(=O)N/N=C1\C=C2CCCCC2CC1. The van der Waals surface area contributed by atoms with Crippen LogP contribution in [0.3, 0.4) is 0 Å². The Hall–Kier alpha value is -1.32. The summed E-state index contributed by atoms with van der Waals surface area (Å²) >= 11 is 0. The topological polar surface area (TPSA) is 67.5 Å². The standard InChI is InChI=1S/C11H17N3O/c12-11(15)14-13-10-6-5-8-3-1-2-4-9(8)7-10/h7-8H,1-6H2,(H3,12,14,15)/b13-10-. The Morgan fingerprint density at radius 2 is 2.27 bits per heavy atom. The zero-order valence-corrected chi connectivity index (χ0v) is 8.83. The molecule has 0 radical (unpaired) electrons. The van der Waals surface area contributed by atoms with Crippen LogP contribution in [0.25, 0.3) is 0 Å². The average molecular weight is 207 g/mol. The molecule has 3 N–H and O–H groups in total. The summed E-state index contributed by atoms with van der Waals surface area (Å²) in [5.74, 6) is 0.770. The quantitative estimate of drug-likeness (QED) is 0.634. The summed E-state index contributed by atoms with van der Waals surface area (Å²) in [5.41, 5.74) is 9.73. The van der Waals surface area contributed by atoms with E-state index in [0.29, 0.717) is 0 Å². The molecule has 0 aromatic heterocycles. The van der Waals surface area contributed by atoms with Crippen molar-refractivity contribution in [1.82, 2.24) is 5.43 Å². The van der Waals surface area contributed by atoms with Gasteiger partial charge in [0.1, 0.15) is 0 Å². The third-order valence-corrected chi connectivity index (χ3v) is 3.20. The van der Waals surface area contributed by atoms with Gasteiger partial charge in [-0.05, 0) is 44.1 Å². The van der Waals surface area contributed by atoms with Gasteiger partial charge in [0, 0.05) is 0 Å². The average Bonchev–Trinajstić information content (AvgIpc) is 2.26. The number of hydrogen-bond acceptors (Lipinski definition) is 2. The van der Waals surface area contributed by atoms with Gasteiger partial charge < -0.3 is 5.73 Å². The molecule has 1 atom stereocenters. The molecule has 1 saturated carbocycles. The van der Waals surface area contributed by atoms with Gasteiger partial charge in [0.05, 0.1) is 5.71 Å². The Labute approximate surface area is 89.6 Å². The van der Waals surface area contributed by atoms with E-state index < -0.39 is 6.03 Å². The summed E-state index contributed by atoms with van der Waals surface area (Å²) in [7, 11) is 0. The van der Waals surface area contributed by atoms with Gasteiger partial charge in [-0.3, -0.25) is 0 Å². The van der Waals surface area contributed by atoms with E-state index in [-0.39, 0.29) is 0 Å². The van der Waals surface area contributed by atoms with Gasteiger partial charge >= 0.3 is 6.03 Å². The lowest BCUT2D eigenvalue weighted by Gasteiger charge is -2.29. The van der Waals surface area contributed by atoms with Crippen LogP contribution in [-0.4, -0.2) is 11.7 Å². The van der Waals surface area contributed by atoms with Crippen molar-refractivity contribution in [2.45, 2.75) is 38.5 Å². The van der Waals surface area contributed by atoms with Crippen LogP contribution >= 0.6 is 0 Å². The molecular weight excluding hydrogens is 190 g/mol. The third kappa shape index (κ3) is 2.58. The molecule has 2 amide bonds. The lowest BCUT2D eigenvalue weighted by Crippen LogP contribution is -2.26. The van der Waals surface area contributed by atoms with Gasteiger partial charge in [-0.1, -0.05) is 12.0 Å². The molecule has 4 nitrogen and oxygen atoms in total. The van der Waals surface area contributed by atoms with Crippen LogP contribution in [0, 0.1) is 5.92 Å². The van der Waals surface area contributed by atoms with Crippen LogP contribution in [0.2, 0.25) is 0 Å². The van der Waals surface area contributed by atoms with Crippen molar-refractivity contribution in [3.05, 3.63) is 11.6 Å². The lowest BCUT2D eigenvalue weighted by molar-refractivity contribution is 0.249. The molecule has 0 spiro atoms. The number of nitrogens with one attached hydrogen (secondary N) is 1. The van der Waals surface area contributed by atoms with Gasteiger partial charge in [0.2, 0.25) is 0 Å². The molecule has 2 aliphatic rings. The van der Waals surface area contributed by atoms with Crippen molar-refractivity contribution >= 4 is 11.7 Å². The van der Waals surface area contributed by atoms with Crippen molar-refractivity contribution in [2.75, 3.05) is 0 Å². The summed E-state index contributed by atoms with van der Waals surface area (Å²) in [6, 6.07) is -0.591. The van der Waals surface area contributed by atoms with E-state index in [1.807, 2.05) is 0 Å². The number of hydrazone groups is 1. The molecule has 15 heavy (non-hydrogen) atoms. The summed E-state index contributed by atoms with van der Waals surface area (Å²) in [6.07, 6.45) is 9.43. The largest absolute Gasteiger partial charge is 0.350 e. The predicted octanol–water partition coefficient (Wildman–Crippen LogP) is 1.92. The number of nitrogens with two attached hydrogens (primary N) is 1. The molecule has 0 aliphatic heterocycles. The van der Waals surface area contributed by atoms with E-state index in [0.717, 1.165) is 18.1 Å². The smallest absolute Gasteiger partial charge is 0.332 e. The second-order valence-electron chi connectivity index (χ2n) is 4.28. The van der Waals surface area contributed by atoms with Crippen molar-refractivity contribution in [3.63, 3.8) is 0 Å². The number of carbonyl (C=O) groups is 1. The van der Waals surface area contributed by atoms with Crippen LogP contribution < -0.4 is 11.2 Å². The number of primary amides is 1. The predicted molar refractivity (Wildman–Crippen MR) is 59.4 cm³/mol. The zero-order valence-electron chi connectivity index (χ0n) is 8.83. The van der Waals surface area contributed by atoms with E-state index in [9.17, 15) is 4.79 Å². The van der Waals surface area contributed by atoms with Crippen LogP contribution in [0.4, 0.5) is 4.79 Å². The maximum atomic E-state index is 10.5. The molecule has 0 bridgehead atoms. The molecular formula is C11H17N3O. The normalized spacial score (nSPS) is 28.1. The maximum absolute atomic E-state index is 10.5. The number of hydrogen-bond donors (Lipinski definition) is 2. The monoisotopic (exact) mass is 207 g/mol. The minimum atomic E-state index is -0.591. The first-order valence-corrected chi connectivity index (χ1v) is 5.58. The Morgan fingerprint density at radius 1 is 1.40 bits per heavy atom. The first-order valence-electron chi connectivity index (χ1n) is 5.58. The van der Waals surface area contributed by atoms with E-state index in [4.69, 9.17) is 5.73 Å². The number of carbonyl (C=O) groups excluding carboxylic acids is 1. The maximum Gasteiger partial charge on any atom is 0.332 e. The van der Waals surface area contributed by atoms with E-state index in [1.54, 1.807) is 0 Å². The number of fused-ring (bicyclic) bond motifs is 1. The number of rotatable bonds is 1. The Bertz CT molecular complexity index is 320. The Kier molecular flexibility index (Phi) is 3.04. The van der Waals surface area contributed by atoms with Gasteiger partial charge in [-0.15, -0.1) is 0 Å². The van der Waals surface area contributed by atoms with Crippen molar-refractivity contribution in [1.29, 1.82) is 0 Å². The molecule has 0 heterocycles. The number of amides is 2. The molecule has 0 aromatic rings. The van der Waals surface area contributed by atoms with Gasteiger partial charge in [-0.2, -0.15) is 5.10 Å². The van der Waals surface area contributed by atoms with E-state index in [2.05, 4.69) is 16.6 Å². The molecule has 0 aromatic carbocycles. The Balaban J connectivity index is 2.05. The lowest BCUT2D eigenvalue weighted by atomic mass is 9.77. The van der Waals surface area contributed by atoms with Gasteiger partial charge in [-0.25, -0.2) is 10.2 Å². The molecule has 0 saturated heterocycles. The third-order valence-electron chi connectivity index (χ3n) is 3.20. The molecule has 2 rings (SSSR count). The zero-order chi connectivity index (χ0) is 10.7. The molecule has 4 heteroatoms. The highest BCUT2D eigenvalue weighted by Gasteiger charge is 2.23. The van der Waals surface area contributed by atoms with E-state index in [1.165, 1.54) is 37.7 Å². The van der Waals surface area contributed by atoms with Crippen LogP contribution in [0.5, 0.6) is 0 Å². The fourth-order valence-corrected chi connectivity index (χ4v) is 2.45. The molecule has 1 fully saturated rings. The number of urea groups is 1. The van der Waals surface area contributed by atoms with Crippen molar-refractivity contribution in [2.24, 2.45) is 16.8 Å². The first kappa shape index (κ1) is 10.2. The van der Waals surface area contributed by atoms with Gasteiger partial charge in [0.15, 0.2) is 0 Å². The highest BCUT2D eigenvalue weighted by molar-refractivity contribution is 5.97. The number of nitrogens with zero attached hydrogens (tertiary/aromatic N) is 1. The van der Waals surface area contributed by atoms with Crippen molar-refractivity contribution in [3.8, 4) is 0 Å².